The Morgan fingerprint density at radius 3 is 2.81 bits per heavy atom. The number of amides is 1. The van der Waals surface area contributed by atoms with Gasteiger partial charge in [-0.15, -0.1) is 0 Å². The molecule has 1 N–H and O–H groups in total. The van der Waals surface area contributed by atoms with Crippen LogP contribution >= 0.6 is 11.6 Å². The van der Waals surface area contributed by atoms with Crippen molar-refractivity contribution >= 4 is 28.4 Å². The van der Waals surface area contributed by atoms with Crippen LogP contribution in [0.15, 0.2) is 30.5 Å². The van der Waals surface area contributed by atoms with Gasteiger partial charge in [-0.3, -0.25) is 9.78 Å². The van der Waals surface area contributed by atoms with Gasteiger partial charge < -0.3 is 10.0 Å². The Balaban J connectivity index is 1.95. The minimum Gasteiger partial charge on any atom is -0.390 e. The molecule has 1 saturated heterocycles. The zero-order valence-corrected chi connectivity index (χ0v) is 12.6. The number of aromatic nitrogens is 1. The molecule has 3 rings (SSSR count). The molecule has 1 amide bonds. The van der Waals surface area contributed by atoms with Crippen LogP contribution in [0.2, 0.25) is 5.02 Å². The fourth-order valence-corrected chi connectivity index (χ4v) is 2.91. The SMILES string of the molecule is CC1(O)CCN(C(=O)c2cc(Cl)cc3cccnc23)CC1. The lowest BCUT2D eigenvalue weighted by molar-refractivity contribution is -0.00197. The summed E-state index contributed by atoms with van der Waals surface area (Å²) in [5, 5.41) is 11.4. The van der Waals surface area contributed by atoms with Gasteiger partial charge in [-0.25, -0.2) is 0 Å². The molecule has 0 saturated carbocycles. The summed E-state index contributed by atoms with van der Waals surface area (Å²) in [6, 6.07) is 7.20. The van der Waals surface area contributed by atoms with E-state index in [1.54, 1.807) is 17.2 Å². The number of halogens is 1. The monoisotopic (exact) mass is 304 g/mol. The van der Waals surface area contributed by atoms with E-state index in [4.69, 9.17) is 11.6 Å². The summed E-state index contributed by atoms with van der Waals surface area (Å²) in [6.07, 6.45) is 2.85. The van der Waals surface area contributed by atoms with E-state index in [0.29, 0.717) is 42.0 Å². The van der Waals surface area contributed by atoms with Gasteiger partial charge in [-0.2, -0.15) is 0 Å². The number of carbonyl (C=O) groups excluding carboxylic acids is 1. The van der Waals surface area contributed by atoms with E-state index >= 15 is 0 Å². The van der Waals surface area contributed by atoms with Crippen LogP contribution in [-0.2, 0) is 0 Å². The minimum absolute atomic E-state index is 0.0725. The van der Waals surface area contributed by atoms with Crippen molar-refractivity contribution in [2.45, 2.75) is 25.4 Å². The molecule has 1 fully saturated rings. The predicted molar refractivity (Wildman–Crippen MR) is 82.5 cm³/mol. The van der Waals surface area contributed by atoms with Crippen LogP contribution in [0, 0.1) is 0 Å². The number of piperidine rings is 1. The van der Waals surface area contributed by atoms with Crippen molar-refractivity contribution < 1.29 is 9.90 Å². The third-order valence-electron chi connectivity index (χ3n) is 4.03. The number of rotatable bonds is 1. The lowest BCUT2D eigenvalue weighted by Gasteiger charge is -2.35. The Morgan fingerprint density at radius 1 is 1.38 bits per heavy atom. The van der Waals surface area contributed by atoms with Gasteiger partial charge in [-0.05, 0) is 38.0 Å². The van der Waals surface area contributed by atoms with Crippen LogP contribution in [0.25, 0.3) is 10.9 Å². The van der Waals surface area contributed by atoms with Crippen molar-refractivity contribution in [3.05, 3.63) is 41.0 Å². The molecule has 2 aromatic rings. The van der Waals surface area contributed by atoms with Crippen LogP contribution in [0.5, 0.6) is 0 Å². The third kappa shape index (κ3) is 2.87. The number of pyridine rings is 1. The fourth-order valence-electron chi connectivity index (χ4n) is 2.68. The summed E-state index contributed by atoms with van der Waals surface area (Å²) in [5.74, 6) is -0.0725. The second kappa shape index (κ2) is 5.28. The fraction of sp³-hybridized carbons (Fsp3) is 0.375. The van der Waals surface area contributed by atoms with E-state index in [1.165, 1.54) is 0 Å². The second-order valence-electron chi connectivity index (χ2n) is 5.82. The topological polar surface area (TPSA) is 53.4 Å². The van der Waals surface area contributed by atoms with Crippen molar-refractivity contribution in [2.75, 3.05) is 13.1 Å². The molecule has 1 aliphatic rings. The molecule has 110 valence electrons. The molecule has 0 spiro atoms. The molecule has 4 nitrogen and oxygen atoms in total. The van der Waals surface area contributed by atoms with Crippen LogP contribution in [0.1, 0.15) is 30.1 Å². The summed E-state index contributed by atoms with van der Waals surface area (Å²) in [5.41, 5.74) is 0.523. The zero-order chi connectivity index (χ0) is 15.0. The van der Waals surface area contributed by atoms with Gasteiger partial charge in [0.05, 0.1) is 16.7 Å². The molecule has 21 heavy (non-hydrogen) atoms. The molecule has 0 bridgehead atoms. The normalized spacial score (nSPS) is 18.0. The van der Waals surface area contributed by atoms with E-state index in [2.05, 4.69) is 4.98 Å². The minimum atomic E-state index is -0.675. The maximum absolute atomic E-state index is 12.7. The average Bonchev–Trinajstić information content (AvgIpc) is 2.45. The van der Waals surface area contributed by atoms with E-state index in [9.17, 15) is 9.90 Å². The maximum Gasteiger partial charge on any atom is 0.256 e. The lowest BCUT2D eigenvalue weighted by atomic mass is 9.93. The molecular formula is C16H17ClN2O2. The molecule has 0 unspecified atom stereocenters. The van der Waals surface area contributed by atoms with Gasteiger partial charge in [0.2, 0.25) is 0 Å². The molecule has 0 atom stereocenters. The first-order valence-corrected chi connectivity index (χ1v) is 7.40. The highest BCUT2D eigenvalue weighted by Crippen LogP contribution is 2.26. The number of carbonyl (C=O) groups is 1. The smallest absolute Gasteiger partial charge is 0.256 e. The van der Waals surface area contributed by atoms with Gasteiger partial charge >= 0.3 is 0 Å². The molecule has 0 radical (unpaired) electrons. The van der Waals surface area contributed by atoms with E-state index in [-0.39, 0.29) is 5.91 Å². The average molecular weight is 305 g/mol. The number of aliphatic hydroxyl groups is 1. The first kappa shape index (κ1) is 14.3. The number of hydrogen-bond donors (Lipinski definition) is 1. The molecule has 1 aromatic heterocycles. The quantitative estimate of drug-likeness (QED) is 0.881. The van der Waals surface area contributed by atoms with Gasteiger partial charge in [-0.1, -0.05) is 17.7 Å². The Labute approximate surface area is 128 Å². The highest BCUT2D eigenvalue weighted by molar-refractivity contribution is 6.32. The molecule has 1 aliphatic heterocycles. The van der Waals surface area contributed by atoms with Crippen LogP contribution in [-0.4, -0.2) is 39.6 Å². The maximum atomic E-state index is 12.7. The largest absolute Gasteiger partial charge is 0.390 e. The molecule has 5 heteroatoms. The Morgan fingerprint density at radius 2 is 2.10 bits per heavy atom. The van der Waals surface area contributed by atoms with Crippen LogP contribution in [0.3, 0.4) is 0 Å². The summed E-state index contributed by atoms with van der Waals surface area (Å²) in [7, 11) is 0. The summed E-state index contributed by atoms with van der Waals surface area (Å²) < 4.78 is 0. The molecule has 2 heterocycles. The van der Waals surface area contributed by atoms with Gasteiger partial charge in [0, 0.05) is 29.7 Å². The zero-order valence-electron chi connectivity index (χ0n) is 11.8. The van der Waals surface area contributed by atoms with Crippen LogP contribution in [0.4, 0.5) is 0 Å². The first-order chi connectivity index (χ1) is 9.96. The molecule has 0 aliphatic carbocycles. The van der Waals surface area contributed by atoms with E-state index in [1.807, 2.05) is 25.1 Å². The number of likely N-dealkylation sites (tertiary alicyclic amines) is 1. The van der Waals surface area contributed by atoms with E-state index < -0.39 is 5.60 Å². The summed E-state index contributed by atoms with van der Waals surface area (Å²) in [6.45, 7) is 2.91. The third-order valence-corrected chi connectivity index (χ3v) is 4.25. The molecule has 1 aromatic carbocycles. The number of fused-ring (bicyclic) bond motifs is 1. The van der Waals surface area contributed by atoms with Crippen molar-refractivity contribution in [3.8, 4) is 0 Å². The summed E-state index contributed by atoms with van der Waals surface area (Å²) >= 11 is 6.11. The van der Waals surface area contributed by atoms with Gasteiger partial charge in [0.1, 0.15) is 0 Å². The lowest BCUT2D eigenvalue weighted by Crippen LogP contribution is -2.45. The van der Waals surface area contributed by atoms with Crippen molar-refractivity contribution in [1.29, 1.82) is 0 Å². The number of benzene rings is 1. The number of nitrogens with zero attached hydrogens (tertiary/aromatic N) is 2. The van der Waals surface area contributed by atoms with Gasteiger partial charge in [0.25, 0.3) is 5.91 Å². The van der Waals surface area contributed by atoms with Crippen LogP contribution < -0.4 is 0 Å². The number of hydrogen-bond acceptors (Lipinski definition) is 3. The second-order valence-corrected chi connectivity index (χ2v) is 6.25. The Kier molecular flexibility index (Phi) is 3.59. The molecular weight excluding hydrogens is 288 g/mol. The highest BCUT2D eigenvalue weighted by Gasteiger charge is 2.30. The predicted octanol–water partition coefficient (Wildman–Crippen LogP) is 2.88. The van der Waals surface area contributed by atoms with Crippen molar-refractivity contribution in [2.24, 2.45) is 0 Å². The Hall–Kier alpha value is -1.65. The van der Waals surface area contributed by atoms with Gasteiger partial charge in [0.15, 0.2) is 0 Å². The summed E-state index contributed by atoms with van der Waals surface area (Å²) in [4.78, 5) is 18.8. The Bertz CT molecular complexity index is 690. The highest BCUT2D eigenvalue weighted by atomic mass is 35.5. The standard InChI is InChI=1S/C16H17ClN2O2/c1-16(21)4-7-19(8-5-16)15(20)13-10-12(17)9-11-3-2-6-18-14(11)13/h2-3,6,9-10,21H,4-5,7-8H2,1H3. The van der Waals surface area contributed by atoms with Crippen molar-refractivity contribution in [3.63, 3.8) is 0 Å². The van der Waals surface area contributed by atoms with Crippen molar-refractivity contribution in [1.82, 2.24) is 9.88 Å². The van der Waals surface area contributed by atoms with E-state index in [0.717, 1.165) is 5.39 Å². The first-order valence-electron chi connectivity index (χ1n) is 7.02.